The number of amides is 1. The van der Waals surface area contributed by atoms with E-state index >= 15 is 0 Å². The molecule has 0 spiro atoms. The fourth-order valence-electron chi connectivity index (χ4n) is 4.42. The second kappa shape index (κ2) is 13.7. The molecule has 39 heavy (non-hydrogen) atoms. The Bertz CT molecular complexity index is 1230. The molecule has 2 aromatic carbocycles. The number of carbonyl (C=O) groups is 1. The van der Waals surface area contributed by atoms with Crippen LogP contribution in [0.15, 0.2) is 69.7 Å². The zero-order valence-electron chi connectivity index (χ0n) is 21.7. The number of morpholine rings is 1. The number of carbonyl (C=O) groups excluding carboxylic acids is 1. The number of aliphatic hydroxyl groups is 1. The lowest BCUT2D eigenvalue weighted by molar-refractivity contribution is -0.155. The van der Waals surface area contributed by atoms with Gasteiger partial charge in [-0.1, -0.05) is 28.1 Å². The average molecular weight is 626 g/mol. The molecule has 212 valence electrons. The van der Waals surface area contributed by atoms with Gasteiger partial charge in [0.1, 0.15) is 5.75 Å². The van der Waals surface area contributed by atoms with Crippen molar-refractivity contribution in [2.24, 2.45) is 0 Å². The molecule has 12 heteroatoms. The Kier molecular flexibility index (Phi) is 10.4. The third-order valence-electron chi connectivity index (χ3n) is 6.56. The molecule has 2 aliphatic rings. The number of methoxy groups -OCH3 is 1. The van der Waals surface area contributed by atoms with Gasteiger partial charge in [-0.25, -0.2) is 8.42 Å². The van der Waals surface area contributed by atoms with Crippen LogP contribution in [0.5, 0.6) is 5.75 Å². The molecular weight excluding hydrogens is 592 g/mol. The zero-order chi connectivity index (χ0) is 27.8. The highest BCUT2D eigenvalue weighted by atomic mass is 79.9. The van der Waals surface area contributed by atoms with Crippen molar-refractivity contribution >= 4 is 31.9 Å². The van der Waals surface area contributed by atoms with Gasteiger partial charge in [0, 0.05) is 43.0 Å². The molecule has 1 N–H and O–H groups in total. The highest BCUT2D eigenvalue weighted by molar-refractivity contribution is 9.10. The van der Waals surface area contributed by atoms with Crippen LogP contribution < -0.4 is 4.74 Å². The first kappa shape index (κ1) is 29.5. The van der Waals surface area contributed by atoms with Crippen molar-refractivity contribution in [3.63, 3.8) is 0 Å². The molecule has 1 saturated heterocycles. The summed E-state index contributed by atoms with van der Waals surface area (Å²) >= 11 is 3.45. The normalized spacial score (nSPS) is 19.9. The Hall–Kier alpha value is -2.48. The topological polar surface area (TPSA) is 115 Å². The maximum absolute atomic E-state index is 13.2. The maximum Gasteiger partial charge on any atom is 0.288 e. The second-order valence-corrected chi connectivity index (χ2v) is 11.9. The minimum atomic E-state index is -3.88. The van der Waals surface area contributed by atoms with E-state index in [2.05, 4.69) is 15.9 Å². The van der Waals surface area contributed by atoms with Crippen LogP contribution in [0, 0.1) is 0 Å². The molecule has 0 saturated carbocycles. The van der Waals surface area contributed by atoms with Gasteiger partial charge in [-0.3, -0.25) is 4.79 Å². The summed E-state index contributed by atoms with van der Waals surface area (Å²) in [6.45, 7) is 1.46. The first-order chi connectivity index (χ1) is 18.8. The maximum atomic E-state index is 13.2. The fourth-order valence-corrected chi connectivity index (χ4v) is 6.10. The van der Waals surface area contributed by atoms with Gasteiger partial charge >= 0.3 is 0 Å². The molecule has 0 aliphatic carbocycles. The van der Waals surface area contributed by atoms with Crippen LogP contribution >= 0.6 is 15.9 Å². The van der Waals surface area contributed by atoms with Gasteiger partial charge < -0.3 is 29.0 Å². The van der Waals surface area contributed by atoms with Crippen molar-refractivity contribution in [1.82, 2.24) is 9.21 Å². The average Bonchev–Trinajstić information content (AvgIpc) is 2.97. The van der Waals surface area contributed by atoms with E-state index in [4.69, 9.17) is 18.9 Å². The van der Waals surface area contributed by atoms with Gasteiger partial charge in [0.2, 0.25) is 16.3 Å². The van der Waals surface area contributed by atoms with E-state index in [1.165, 1.54) is 23.5 Å². The number of allylic oxidation sites excluding steroid dienone is 1. The van der Waals surface area contributed by atoms with Crippen LogP contribution in [-0.2, 0) is 29.0 Å². The summed E-state index contributed by atoms with van der Waals surface area (Å²) in [6.07, 6.45) is 1.52. The lowest BCUT2D eigenvalue weighted by Gasteiger charge is -2.33. The zero-order valence-corrected chi connectivity index (χ0v) is 24.1. The van der Waals surface area contributed by atoms with Gasteiger partial charge in [0.25, 0.3) is 5.91 Å². The van der Waals surface area contributed by atoms with Crippen LogP contribution in [0.4, 0.5) is 0 Å². The predicted octanol–water partition coefficient (Wildman–Crippen LogP) is 2.73. The summed E-state index contributed by atoms with van der Waals surface area (Å²) in [5.41, 5.74) is 1.01. The molecule has 2 aromatic rings. The van der Waals surface area contributed by atoms with Crippen LogP contribution in [0.2, 0.25) is 0 Å². The molecule has 1 fully saturated rings. The minimum Gasteiger partial charge on any atom is -0.497 e. The fraction of sp³-hybridized carbons (Fsp3) is 0.444. The van der Waals surface area contributed by atoms with Crippen LogP contribution in [0.3, 0.4) is 0 Å². The number of rotatable bonds is 11. The monoisotopic (exact) mass is 624 g/mol. The van der Waals surface area contributed by atoms with Crippen LogP contribution in [0.1, 0.15) is 17.9 Å². The molecule has 0 unspecified atom stereocenters. The van der Waals surface area contributed by atoms with E-state index in [1.807, 2.05) is 30.3 Å². The Morgan fingerprint density at radius 1 is 1.10 bits per heavy atom. The van der Waals surface area contributed by atoms with Crippen molar-refractivity contribution in [3.05, 3.63) is 70.4 Å². The van der Waals surface area contributed by atoms with Gasteiger partial charge in [-0.15, -0.1) is 0 Å². The lowest BCUT2D eigenvalue weighted by atomic mass is 9.93. The SMILES string of the molecule is COc1ccc(S(=O)(=O)N(CCO)CCO[C@H]2C[C@@H](c3ccc(Br)cc3)C=C(C(=O)N3CCOCC3)O2)cc1. The Morgan fingerprint density at radius 2 is 1.79 bits per heavy atom. The summed E-state index contributed by atoms with van der Waals surface area (Å²) in [5.74, 6) is 0.390. The predicted molar refractivity (Wildman–Crippen MR) is 147 cm³/mol. The summed E-state index contributed by atoms with van der Waals surface area (Å²) in [6, 6.07) is 13.9. The number of aliphatic hydroxyl groups excluding tert-OH is 1. The standard InChI is InChI=1S/C27H33BrN2O8S/c1-35-23-6-8-24(9-7-23)39(33,34)30(10-14-31)13-17-37-26-19-21(20-2-4-22(28)5-3-20)18-25(38-26)27(32)29-11-15-36-16-12-29/h2-9,18,21,26,31H,10-17,19H2,1H3/t21-,26+/m0/s1. The first-order valence-electron chi connectivity index (χ1n) is 12.7. The summed E-state index contributed by atoms with van der Waals surface area (Å²) in [7, 11) is -2.38. The van der Waals surface area contributed by atoms with Gasteiger partial charge in [0.05, 0.1) is 38.4 Å². The Balaban J connectivity index is 1.46. The molecule has 2 aliphatic heterocycles. The van der Waals surface area contributed by atoms with Gasteiger partial charge in [-0.05, 0) is 48.0 Å². The summed E-state index contributed by atoms with van der Waals surface area (Å²) in [5, 5.41) is 9.52. The highest BCUT2D eigenvalue weighted by Crippen LogP contribution is 2.33. The quantitative estimate of drug-likeness (QED) is 0.406. The number of ether oxygens (including phenoxy) is 4. The summed E-state index contributed by atoms with van der Waals surface area (Å²) < 4.78 is 51.0. The van der Waals surface area contributed by atoms with Crippen molar-refractivity contribution < 1.29 is 37.3 Å². The number of nitrogens with zero attached hydrogens (tertiary/aromatic N) is 2. The van der Waals surface area contributed by atoms with E-state index in [0.717, 1.165) is 10.0 Å². The largest absolute Gasteiger partial charge is 0.497 e. The van der Waals surface area contributed by atoms with E-state index in [0.29, 0.717) is 38.5 Å². The number of halogens is 1. The number of benzene rings is 2. The van der Waals surface area contributed by atoms with Crippen LogP contribution in [-0.4, -0.2) is 94.6 Å². The number of hydrogen-bond acceptors (Lipinski definition) is 8. The smallest absolute Gasteiger partial charge is 0.288 e. The highest BCUT2D eigenvalue weighted by Gasteiger charge is 2.32. The van der Waals surface area contributed by atoms with Crippen LogP contribution in [0.25, 0.3) is 0 Å². The Morgan fingerprint density at radius 3 is 2.44 bits per heavy atom. The summed E-state index contributed by atoms with van der Waals surface area (Å²) in [4.78, 5) is 15.0. The minimum absolute atomic E-state index is 0.00576. The Labute approximate surface area is 237 Å². The second-order valence-electron chi connectivity index (χ2n) is 9.05. The molecule has 1 amide bonds. The van der Waals surface area contributed by atoms with Gasteiger partial charge in [-0.2, -0.15) is 4.31 Å². The van der Waals surface area contributed by atoms with E-state index in [1.54, 1.807) is 17.0 Å². The molecule has 0 bridgehead atoms. The molecule has 10 nitrogen and oxygen atoms in total. The van der Waals surface area contributed by atoms with Crippen molar-refractivity contribution in [2.75, 3.05) is 59.7 Å². The van der Waals surface area contributed by atoms with Crippen molar-refractivity contribution in [1.29, 1.82) is 0 Å². The van der Waals surface area contributed by atoms with E-state index in [-0.39, 0.29) is 48.8 Å². The van der Waals surface area contributed by atoms with E-state index < -0.39 is 16.3 Å². The molecule has 0 radical (unpaired) electrons. The molecule has 0 aromatic heterocycles. The third kappa shape index (κ3) is 7.59. The third-order valence-corrected chi connectivity index (χ3v) is 9.00. The first-order valence-corrected chi connectivity index (χ1v) is 14.9. The molecule has 2 heterocycles. The number of sulfonamides is 1. The van der Waals surface area contributed by atoms with Gasteiger partial charge in [0.15, 0.2) is 5.76 Å². The van der Waals surface area contributed by atoms with Crippen molar-refractivity contribution in [2.45, 2.75) is 23.5 Å². The molecule has 2 atom stereocenters. The van der Waals surface area contributed by atoms with E-state index in [9.17, 15) is 18.3 Å². The molecule has 4 rings (SSSR count). The molecular formula is C27H33BrN2O8S. The lowest BCUT2D eigenvalue weighted by Crippen LogP contribution is -2.43. The number of hydrogen-bond donors (Lipinski definition) is 1. The van der Waals surface area contributed by atoms with Crippen molar-refractivity contribution in [3.8, 4) is 5.75 Å².